The van der Waals surface area contributed by atoms with Crippen molar-refractivity contribution in [3.8, 4) is 0 Å². The summed E-state index contributed by atoms with van der Waals surface area (Å²) in [6.07, 6.45) is 1.24. The third kappa shape index (κ3) is 6.34. The fourth-order valence-electron chi connectivity index (χ4n) is 2.28. The first kappa shape index (κ1) is 23.1. The lowest BCUT2D eigenvalue weighted by Gasteiger charge is -2.18. The molecular formula is C18H27O8P. The molecule has 1 aromatic heterocycles. The van der Waals surface area contributed by atoms with Gasteiger partial charge in [0.1, 0.15) is 22.4 Å². The van der Waals surface area contributed by atoms with Gasteiger partial charge in [-0.1, -0.05) is 6.08 Å². The Labute approximate surface area is 159 Å². The molecule has 1 heterocycles. The third-order valence-electron chi connectivity index (χ3n) is 3.33. The van der Waals surface area contributed by atoms with E-state index in [9.17, 15) is 14.2 Å². The van der Waals surface area contributed by atoms with Crippen molar-refractivity contribution >= 4 is 24.8 Å². The Morgan fingerprint density at radius 2 is 1.63 bits per heavy atom. The molecule has 0 aliphatic carbocycles. The second-order valence-corrected chi connectivity index (χ2v) is 7.23. The molecule has 0 spiro atoms. The van der Waals surface area contributed by atoms with E-state index in [0.29, 0.717) is 5.76 Å². The normalized spacial score (nSPS) is 12.1. The van der Waals surface area contributed by atoms with Crippen molar-refractivity contribution < 1.29 is 37.1 Å². The highest BCUT2D eigenvalue weighted by Gasteiger charge is 2.34. The highest BCUT2D eigenvalue weighted by Crippen LogP contribution is 2.61. The Balaban J connectivity index is 3.39. The maximum Gasteiger partial charge on any atom is 0.364 e. The molecule has 1 rings (SSSR count). The van der Waals surface area contributed by atoms with Crippen LogP contribution in [0.25, 0.3) is 5.31 Å². The van der Waals surface area contributed by atoms with Crippen LogP contribution >= 0.6 is 7.60 Å². The van der Waals surface area contributed by atoms with Gasteiger partial charge in [0.15, 0.2) is 0 Å². The molecule has 1 aromatic rings. The lowest BCUT2D eigenvalue weighted by molar-refractivity contribution is -0.142. The van der Waals surface area contributed by atoms with Crippen LogP contribution in [-0.4, -0.2) is 38.4 Å². The van der Waals surface area contributed by atoms with E-state index in [-0.39, 0.29) is 49.5 Å². The van der Waals surface area contributed by atoms with Crippen molar-refractivity contribution in [1.29, 1.82) is 0 Å². The summed E-state index contributed by atoms with van der Waals surface area (Å²) in [6, 6.07) is 1.41. The molecule has 0 radical (unpaired) electrons. The van der Waals surface area contributed by atoms with Crippen molar-refractivity contribution in [3.63, 3.8) is 0 Å². The van der Waals surface area contributed by atoms with E-state index >= 15 is 0 Å². The van der Waals surface area contributed by atoms with Gasteiger partial charge in [0.05, 0.1) is 32.8 Å². The van der Waals surface area contributed by atoms with Crippen LogP contribution in [0.3, 0.4) is 0 Å². The van der Waals surface area contributed by atoms with Crippen molar-refractivity contribution in [2.45, 2.75) is 41.0 Å². The summed E-state index contributed by atoms with van der Waals surface area (Å²) in [5.41, 5.74) is 0.202. The standard InChI is InChI=1S/C18H27O8P/c1-6-22-17(19)11-10-16(27(21,24-8-3)25-9-4)15-12-14(13(5)26-15)18(20)23-7-2/h10,12H,6-9,11H2,1-5H3. The minimum atomic E-state index is -3.77. The van der Waals surface area contributed by atoms with Gasteiger partial charge < -0.3 is 22.9 Å². The number of carbonyl (C=O) groups excluding carboxylic acids is 2. The lowest BCUT2D eigenvalue weighted by Crippen LogP contribution is -2.05. The molecule has 0 aliphatic rings. The van der Waals surface area contributed by atoms with Crippen LogP contribution in [0.1, 0.15) is 56.0 Å². The van der Waals surface area contributed by atoms with Gasteiger partial charge in [-0.15, -0.1) is 0 Å². The Hall–Kier alpha value is -1.89. The SMILES string of the molecule is CCOC(=O)CC=C(c1cc(C(=O)OCC)c(C)o1)P(=O)(OCC)OCC. The van der Waals surface area contributed by atoms with E-state index < -0.39 is 19.5 Å². The zero-order valence-corrected chi connectivity index (χ0v) is 17.3. The van der Waals surface area contributed by atoms with E-state index in [4.69, 9.17) is 22.9 Å². The third-order valence-corrected chi connectivity index (χ3v) is 5.52. The second kappa shape index (κ2) is 11.1. The van der Waals surface area contributed by atoms with E-state index in [1.165, 1.54) is 12.1 Å². The highest BCUT2D eigenvalue weighted by atomic mass is 31.2. The Kier molecular flexibility index (Phi) is 9.49. The highest BCUT2D eigenvalue weighted by molar-refractivity contribution is 7.65. The maximum absolute atomic E-state index is 13.3. The van der Waals surface area contributed by atoms with E-state index in [0.717, 1.165) is 0 Å². The minimum Gasteiger partial charge on any atom is -0.466 e. The van der Waals surface area contributed by atoms with Crippen molar-refractivity contribution in [1.82, 2.24) is 0 Å². The molecule has 0 saturated carbocycles. The van der Waals surface area contributed by atoms with Crippen LogP contribution in [-0.2, 0) is 27.9 Å². The molecule has 0 atom stereocenters. The van der Waals surface area contributed by atoms with Gasteiger partial charge in [0.25, 0.3) is 0 Å². The van der Waals surface area contributed by atoms with Crippen LogP contribution < -0.4 is 0 Å². The molecule has 0 fully saturated rings. The largest absolute Gasteiger partial charge is 0.466 e. The van der Waals surface area contributed by atoms with Crippen LogP contribution in [0.15, 0.2) is 16.6 Å². The molecule has 9 heteroatoms. The summed E-state index contributed by atoms with van der Waals surface area (Å²) in [5, 5.41) is 0.0675. The predicted octanol–water partition coefficient (Wildman–Crippen LogP) is 4.32. The summed E-state index contributed by atoms with van der Waals surface area (Å²) in [4.78, 5) is 23.8. The summed E-state index contributed by atoms with van der Waals surface area (Å²) >= 11 is 0. The van der Waals surface area contributed by atoms with Crippen molar-refractivity contribution in [3.05, 3.63) is 29.2 Å². The molecule has 0 unspecified atom stereocenters. The van der Waals surface area contributed by atoms with Crippen LogP contribution in [0, 0.1) is 6.92 Å². The van der Waals surface area contributed by atoms with Crippen LogP contribution in [0.4, 0.5) is 0 Å². The topological polar surface area (TPSA) is 101 Å². The first-order chi connectivity index (χ1) is 12.8. The summed E-state index contributed by atoms with van der Waals surface area (Å²) in [7, 11) is -3.77. The lowest BCUT2D eigenvalue weighted by atomic mass is 10.2. The summed E-state index contributed by atoms with van der Waals surface area (Å²) in [6.45, 7) is 9.00. The predicted molar refractivity (Wildman–Crippen MR) is 99.5 cm³/mol. The summed E-state index contributed by atoms with van der Waals surface area (Å²) in [5.74, 6) is -0.643. The average molecular weight is 402 g/mol. The maximum atomic E-state index is 13.3. The molecular weight excluding hydrogens is 375 g/mol. The van der Waals surface area contributed by atoms with E-state index in [1.54, 1.807) is 34.6 Å². The van der Waals surface area contributed by atoms with Gasteiger partial charge in [-0.05, 0) is 40.7 Å². The number of ether oxygens (including phenoxy) is 2. The Morgan fingerprint density at radius 3 is 2.15 bits per heavy atom. The van der Waals surface area contributed by atoms with Crippen molar-refractivity contribution in [2.24, 2.45) is 0 Å². The molecule has 0 aromatic carbocycles. The van der Waals surface area contributed by atoms with E-state index in [2.05, 4.69) is 0 Å². The van der Waals surface area contributed by atoms with Gasteiger partial charge in [0.2, 0.25) is 0 Å². The zero-order chi connectivity index (χ0) is 20.4. The van der Waals surface area contributed by atoms with Gasteiger partial charge in [0, 0.05) is 0 Å². The van der Waals surface area contributed by atoms with Gasteiger partial charge in [-0.3, -0.25) is 9.36 Å². The first-order valence-electron chi connectivity index (χ1n) is 8.86. The molecule has 8 nitrogen and oxygen atoms in total. The molecule has 0 bridgehead atoms. The number of esters is 2. The van der Waals surface area contributed by atoms with Crippen molar-refractivity contribution in [2.75, 3.05) is 26.4 Å². The molecule has 0 amide bonds. The minimum absolute atomic E-state index is 0.0675. The molecule has 0 aliphatic heterocycles. The molecule has 0 saturated heterocycles. The number of carbonyl (C=O) groups is 2. The number of rotatable bonds is 11. The number of hydrogen-bond acceptors (Lipinski definition) is 8. The average Bonchev–Trinajstić information content (AvgIpc) is 2.97. The summed E-state index contributed by atoms with van der Waals surface area (Å²) < 4.78 is 39.5. The Bertz CT molecular complexity index is 709. The zero-order valence-electron chi connectivity index (χ0n) is 16.4. The number of hydrogen-bond donors (Lipinski definition) is 0. The van der Waals surface area contributed by atoms with Gasteiger partial charge >= 0.3 is 19.5 Å². The smallest absolute Gasteiger partial charge is 0.364 e. The quantitative estimate of drug-likeness (QED) is 0.398. The Morgan fingerprint density at radius 1 is 1.04 bits per heavy atom. The monoisotopic (exact) mass is 402 g/mol. The first-order valence-corrected chi connectivity index (χ1v) is 10.4. The van der Waals surface area contributed by atoms with Gasteiger partial charge in [-0.2, -0.15) is 0 Å². The van der Waals surface area contributed by atoms with E-state index in [1.807, 2.05) is 0 Å². The number of furan rings is 1. The van der Waals surface area contributed by atoms with Crippen LogP contribution in [0.5, 0.6) is 0 Å². The second-order valence-electron chi connectivity index (χ2n) is 5.23. The molecule has 0 N–H and O–H groups in total. The fraction of sp³-hybridized carbons (Fsp3) is 0.556. The molecule has 27 heavy (non-hydrogen) atoms. The van der Waals surface area contributed by atoms with Crippen LogP contribution in [0.2, 0.25) is 0 Å². The fourth-order valence-corrected chi connectivity index (χ4v) is 4.01. The number of aryl methyl sites for hydroxylation is 1. The van der Waals surface area contributed by atoms with Gasteiger partial charge in [-0.25, -0.2) is 4.79 Å². The molecule has 152 valence electrons.